The van der Waals surface area contributed by atoms with Gasteiger partial charge in [0.15, 0.2) is 11.6 Å². The molecule has 0 atom stereocenters. The molecule has 32 heavy (non-hydrogen) atoms. The Bertz CT molecular complexity index is 1270. The number of ether oxygens (including phenoxy) is 1. The number of halogens is 4. The van der Waals surface area contributed by atoms with E-state index in [0.29, 0.717) is 44.5 Å². The van der Waals surface area contributed by atoms with Crippen LogP contribution in [0.1, 0.15) is 21.9 Å². The Labute approximate surface area is 197 Å². The Balaban J connectivity index is 1.35. The minimum atomic E-state index is -0.470. The van der Waals surface area contributed by atoms with E-state index >= 15 is 0 Å². The highest BCUT2D eigenvalue weighted by molar-refractivity contribution is 6.42. The summed E-state index contributed by atoms with van der Waals surface area (Å²) < 4.78 is 25.9. The van der Waals surface area contributed by atoms with Crippen molar-refractivity contribution in [1.29, 1.82) is 0 Å². The van der Waals surface area contributed by atoms with E-state index in [-0.39, 0.29) is 12.4 Å². The summed E-state index contributed by atoms with van der Waals surface area (Å²) in [4.78, 5) is 12.5. The van der Waals surface area contributed by atoms with E-state index in [9.17, 15) is 9.18 Å². The molecule has 10 heteroatoms. The lowest BCUT2D eigenvalue weighted by molar-refractivity contribution is 0.0992. The molecule has 4 rings (SSSR count). The number of nitrogens with one attached hydrogen (secondary N) is 1. The summed E-state index contributed by atoms with van der Waals surface area (Å²) in [6.07, 6.45) is 1.67. The second-order valence-electron chi connectivity index (χ2n) is 6.70. The third-order valence-corrected chi connectivity index (χ3v) is 5.55. The number of nitrogens with zero attached hydrogens (tertiary/aromatic N) is 2. The van der Waals surface area contributed by atoms with Crippen molar-refractivity contribution in [2.75, 3.05) is 5.32 Å². The van der Waals surface area contributed by atoms with Crippen LogP contribution in [0.3, 0.4) is 0 Å². The zero-order valence-corrected chi connectivity index (χ0v) is 18.6. The Morgan fingerprint density at radius 3 is 2.75 bits per heavy atom. The van der Waals surface area contributed by atoms with Crippen molar-refractivity contribution in [3.8, 4) is 5.75 Å². The molecule has 0 bridgehead atoms. The molecule has 6 nitrogen and oxygen atoms in total. The Kier molecular flexibility index (Phi) is 6.69. The summed E-state index contributed by atoms with van der Waals surface area (Å²) in [6, 6.07) is 14.0. The van der Waals surface area contributed by atoms with Crippen molar-refractivity contribution in [2.24, 2.45) is 0 Å². The highest BCUT2D eigenvalue weighted by Crippen LogP contribution is 2.32. The lowest BCUT2D eigenvalue weighted by Gasteiger charge is -2.07. The fourth-order valence-corrected chi connectivity index (χ4v) is 3.41. The maximum Gasteiger partial charge on any atom is 0.292 e. The molecule has 0 fully saturated rings. The number of hydrogen-bond donors (Lipinski definition) is 1. The number of benzene rings is 2. The van der Waals surface area contributed by atoms with Crippen molar-refractivity contribution in [1.82, 2.24) is 9.78 Å². The van der Waals surface area contributed by atoms with E-state index in [0.717, 1.165) is 0 Å². The maximum absolute atomic E-state index is 13.2. The average molecular weight is 495 g/mol. The molecule has 0 aliphatic carbocycles. The Hall–Kier alpha value is -3.00. The molecule has 4 aromatic rings. The van der Waals surface area contributed by atoms with Gasteiger partial charge in [0, 0.05) is 17.3 Å². The minimum absolute atomic E-state index is 0.0698. The van der Waals surface area contributed by atoms with Crippen LogP contribution < -0.4 is 10.1 Å². The van der Waals surface area contributed by atoms with Gasteiger partial charge in [0.05, 0.1) is 11.6 Å². The first kappa shape index (κ1) is 22.2. The van der Waals surface area contributed by atoms with Gasteiger partial charge in [0.25, 0.3) is 5.91 Å². The molecule has 0 saturated heterocycles. The van der Waals surface area contributed by atoms with Crippen molar-refractivity contribution >= 4 is 46.5 Å². The fourth-order valence-electron chi connectivity index (χ4n) is 2.84. The van der Waals surface area contributed by atoms with Crippen LogP contribution in [0.25, 0.3) is 0 Å². The largest absolute Gasteiger partial charge is 0.484 e. The lowest BCUT2D eigenvalue weighted by Crippen LogP contribution is -2.12. The molecule has 164 valence electrons. The van der Waals surface area contributed by atoms with E-state index in [2.05, 4.69) is 10.4 Å². The van der Waals surface area contributed by atoms with Gasteiger partial charge in [-0.1, -0.05) is 46.9 Å². The molecular formula is C22H15Cl3FN3O3. The summed E-state index contributed by atoms with van der Waals surface area (Å²) in [5, 5.41) is 7.91. The van der Waals surface area contributed by atoms with Crippen LogP contribution in [0.4, 0.5) is 10.2 Å². The van der Waals surface area contributed by atoms with E-state index in [1.807, 2.05) is 0 Å². The molecule has 0 saturated carbocycles. The fraction of sp³-hybridized carbons (Fsp3) is 0.0909. The molecule has 0 radical (unpaired) electrons. The molecule has 1 N–H and O–H groups in total. The monoisotopic (exact) mass is 493 g/mol. The number of hydrogen-bond acceptors (Lipinski definition) is 4. The van der Waals surface area contributed by atoms with Crippen LogP contribution in [-0.2, 0) is 13.2 Å². The smallest absolute Gasteiger partial charge is 0.292 e. The number of furan rings is 1. The summed E-state index contributed by atoms with van der Waals surface area (Å²) in [5.74, 6) is 0.384. The van der Waals surface area contributed by atoms with Gasteiger partial charge in [-0.15, -0.1) is 0 Å². The summed E-state index contributed by atoms with van der Waals surface area (Å²) in [7, 11) is 0. The molecule has 2 aromatic carbocycles. The average Bonchev–Trinajstić information content (AvgIpc) is 3.41. The summed E-state index contributed by atoms with van der Waals surface area (Å²) >= 11 is 18.1. The van der Waals surface area contributed by atoms with Crippen LogP contribution in [0, 0.1) is 5.82 Å². The molecule has 1 amide bonds. The number of rotatable bonds is 7. The quantitative estimate of drug-likeness (QED) is 0.320. The third-order valence-electron chi connectivity index (χ3n) is 4.40. The number of anilines is 1. The maximum atomic E-state index is 13.2. The van der Waals surface area contributed by atoms with Gasteiger partial charge < -0.3 is 14.5 Å². The summed E-state index contributed by atoms with van der Waals surface area (Å²) in [5.41, 5.74) is 0.699. The van der Waals surface area contributed by atoms with Crippen molar-refractivity contribution in [3.63, 3.8) is 0 Å². The van der Waals surface area contributed by atoms with E-state index in [1.165, 1.54) is 18.2 Å². The molecule has 0 unspecified atom stereocenters. The number of carbonyl (C=O) groups is 1. The first-order chi connectivity index (χ1) is 15.4. The Morgan fingerprint density at radius 1 is 1.09 bits per heavy atom. The molecule has 2 aromatic heterocycles. The predicted octanol–water partition coefficient (Wildman–Crippen LogP) is 6.46. The topological polar surface area (TPSA) is 69.3 Å². The molecular weight excluding hydrogens is 480 g/mol. The summed E-state index contributed by atoms with van der Waals surface area (Å²) in [6.45, 7) is 0.393. The van der Waals surface area contributed by atoms with Gasteiger partial charge in [-0.3, -0.25) is 9.48 Å². The van der Waals surface area contributed by atoms with Gasteiger partial charge in [0.2, 0.25) is 0 Å². The molecule has 0 aliphatic rings. The van der Waals surface area contributed by atoms with Crippen LogP contribution in [0.2, 0.25) is 15.1 Å². The highest BCUT2D eigenvalue weighted by atomic mass is 35.5. The first-order valence-corrected chi connectivity index (χ1v) is 10.5. The zero-order valence-electron chi connectivity index (χ0n) is 16.3. The van der Waals surface area contributed by atoms with E-state index in [1.54, 1.807) is 47.3 Å². The first-order valence-electron chi connectivity index (χ1n) is 9.33. The van der Waals surface area contributed by atoms with Gasteiger partial charge >= 0.3 is 0 Å². The van der Waals surface area contributed by atoms with Gasteiger partial charge in [-0.2, -0.15) is 5.10 Å². The molecule has 2 heterocycles. The third kappa shape index (κ3) is 5.24. The molecule has 0 aliphatic heterocycles. The lowest BCUT2D eigenvalue weighted by atomic mass is 10.2. The van der Waals surface area contributed by atoms with Crippen molar-refractivity contribution < 1.29 is 18.3 Å². The number of carbonyl (C=O) groups excluding carboxylic acids is 1. The Morgan fingerprint density at radius 2 is 1.94 bits per heavy atom. The second-order valence-corrected chi connectivity index (χ2v) is 7.89. The van der Waals surface area contributed by atoms with E-state index in [4.69, 9.17) is 44.0 Å². The predicted molar refractivity (Wildman–Crippen MR) is 120 cm³/mol. The van der Waals surface area contributed by atoms with Gasteiger partial charge in [-0.05, 0) is 42.0 Å². The van der Waals surface area contributed by atoms with Crippen molar-refractivity contribution in [2.45, 2.75) is 13.2 Å². The SMILES string of the molecule is O=C(Nc1ccn(Cc2ccc(F)cc2Cl)n1)c1ccc(COc2cccc(Cl)c2Cl)o1. The van der Waals surface area contributed by atoms with E-state index < -0.39 is 11.7 Å². The van der Waals surface area contributed by atoms with Gasteiger partial charge in [0.1, 0.15) is 29.0 Å². The van der Waals surface area contributed by atoms with Crippen LogP contribution >= 0.6 is 34.8 Å². The molecule has 0 spiro atoms. The van der Waals surface area contributed by atoms with Crippen molar-refractivity contribution in [3.05, 3.63) is 98.8 Å². The second kappa shape index (κ2) is 9.65. The van der Waals surface area contributed by atoms with Crippen LogP contribution in [0.15, 0.2) is 65.2 Å². The normalized spacial score (nSPS) is 10.9. The van der Waals surface area contributed by atoms with Gasteiger partial charge in [-0.25, -0.2) is 4.39 Å². The number of aromatic nitrogens is 2. The van der Waals surface area contributed by atoms with Crippen LogP contribution in [0.5, 0.6) is 5.75 Å². The zero-order chi connectivity index (χ0) is 22.7. The number of amides is 1. The highest BCUT2D eigenvalue weighted by Gasteiger charge is 2.14. The minimum Gasteiger partial charge on any atom is -0.484 e. The standard InChI is InChI=1S/C22H15Cl3FN3O3/c23-16-2-1-3-18(21(16)25)31-12-15-6-7-19(32-15)22(30)27-20-8-9-29(28-20)11-13-4-5-14(26)10-17(13)24/h1-10H,11-12H2,(H,27,28,30). The van der Waals surface area contributed by atoms with Crippen LogP contribution in [-0.4, -0.2) is 15.7 Å².